The summed E-state index contributed by atoms with van der Waals surface area (Å²) < 4.78 is 5.21. The Hall–Kier alpha value is -1.79. The van der Waals surface area contributed by atoms with Crippen LogP contribution in [0.3, 0.4) is 0 Å². The summed E-state index contributed by atoms with van der Waals surface area (Å²) in [6.07, 6.45) is 1.20. The van der Waals surface area contributed by atoms with E-state index in [1.165, 1.54) is 18.4 Å². The summed E-state index contributed by atoms with van der Waals surface area (Å²) >= 11 is 5.97. The number of carbonyl (C=O) groups excluding carboxylic acids is 2. The summed E-state index contributed by atoms with van der Waals surface area (Å²) in [5.41, 5.74) is 0.490. The number of hydrogen-bond donors (Lipinski definition) is 1. The summed E-state index contributed by atoms with van der Waals surface area (Å²) in [5, 5.41) is 3.25. The first-order valence-corrected chi connectivity index (χ1v) is 9.26. The highest BCUT2D eigenvalue weighted by Crippen LogP contribution is 2.27. The lowest BCUT2D eigenvalue weighted by atomic mass is 9.92. The zero-order valence-corrected chi connectivity index (χ0v) is 16.7. The molecule has 0 spiro atoms. The number of halogens is 1. The predicted molar refractivity (Wildman–Crippen MR) is 104 cm³/mol. The average molecular weight is 382 g/mol. The first-order chi connectivity index (χ1) is 12.3. The maximum atomic E-state index is 12.4. The second-order valence-corrected chi connectivity index (χ2v) is 7.72. The van der Waals surface area contributed by atoms with E-state index in [4.69, 9.17) is 16.3 Å². The minimum Gasteiger partial charge on any atom is -0.495 e. The largest absolute Gasteiger partial charge is 0.495 e. The van der Waals surface area contributed by atoms with Crippen LogP contribution in [-0.4, -0.2) is 62.0 Å². The third-order valence-corrected chi connectivity index (χ3v) is 4.78. The second-order valence-electron chi connectivity index (χ2n) is 7.28. The highest BCUT2D eigenvalue weighted by molar-refractivity contribution is 6.31. The molecule has 1 aromatic rings. The van der Waals surface area contributed by atoms with Crippen molar-refractivity contribution < 1.29 is 14.3 Å². The van der Waals surface area contributed by atoms with E-state index in [9.17, 15) is 9.59 Å². The molecule has 1 N–H and O–H groups in total. The summed E-state index contributed by atoms with van der Waals surface area (Å²) in [7, 11) is 3.17. The number of likely N-dealkylation sites (tertiary alicyclic amines) is 1. The molecule has 0 unspecified atom stereocenters. The van der Waals surface area contributed by atoms with Gasteiger partial charge in [-0.05, 0) is 36.5 Å². The zero-order valence-electron chi connectivity index (χ0n) is 15.9. The molecule has 0 aliphatic carbocycles. The van der Waals surface area contributed by atoms with Crippen LogP contribution in [0, 0.1) is 11.8 Å². The van der Waals surface area contributed by atoms with Gasteiger partial charge in [-0.2, -0.15) is 0 Å². The second kappa shape index (κ2) is 9.24. The van der Waals surface area contributed by atoms with E-state index in [-0.39, 0.29) is 18.4 Å². The van der Waals surface area contributed by atoms with Crippen LogP contribution in [-0.2, 0) is 9.59 Å². The number of nitrogens with one attached hydrogen (secondary N) is 1. The molecule has 1 fully saturated rings. The number of ether oxygens (including phenoxy) is 1. The molecule has 7 heteroatoms. The Balaban J connectivity index is 1.88. The molecule has 1 saturated heterocycles. The first kappa shape index (κ1) is 20.5. The van der Waals surface area contributed by atoms with Gasteiger partial charge in [0.15, 0.2) is 0 Å². The van der Waals surface area contributed by atoms with Crippen LogP contribution in [0.1, 0.15) is 20.3 Å². The van der Waals surface area contributed by atoms with Crippen LogP contribution in [0.5, 0.6) is 5.75 Å². The van der Waals surface area contributed by atoms with Crippen LogP contribution in [0.15, 0.2) is 18.2 Å². The molecule has 1 aliphatic heterocycles. The number of methoxy groups -OCH3 is 1. The molecular formula is C19H28ClN3O3. The molecule has 6 nitrogen and oxygen atoms in total. The Kier molecular flexibility index (Phi) is 7.29. The van der Waals surface area contributed by atoms with Crippen LogP contribution >= 0.6 is 11.6 Å². The van der Waals surface area contributed by atoms with Gasteiger partial charge < -0.3 is 15.0 Å². The highest BCUT2D eigenvalue weighted by Gasteiger charge is 2.24. The maximum absolute atomic E-state index is 12.4. The molecule has 26 heavy (non-hydrogen) atoms. The van der Waals surface area contributed by atoms with Crippen molar-refractivity contribution in [2.24, 2.45) is 11.8 Å². The summed E-state index contributed by atoms with van der Waals surface area (Å²) in [4.78, 5) is 28.4. The molecule has 2 amide bonds. The van der Waals surface area contributed by atoms with Crippen molar-refractivity contribution in [1.82, 2.24) is 9.80 Å². The number of anilines is 1. The van der Waals surface area contributed by atoms with Crippen molar-refractivity contribution in [3.8, 4) is 5.75 Å². The van der Waals surface area contributed by atoms with Crippen molar-refractivity contribution in [3.05, 3.63) is 23.2 Å². The van der Waals surface area contributed by atoms with E-state index in [0.717, 1.165) is 13.1 Å². The molecule has 1 aromatic carbocycles. The predicted octanol–water partition coefficient (Wildman–Crippen LogP) is 2.72. The minimum atomic E-state index is -0.290. The molecule has 0 radical (unpaired) electrons. The molecular weight excluding hydrogens is 354 g/mol. The van der Waals surface area contributed by atoms with Crippen molar-refractivity contribution in [2.45, 2.75) is 20.3 Å². The number of benzene rings is 1. The Morgan fingerprint density at radius 2 is 1.96 bits per heavy atom. The van der Waals surface area contributed by atoms with E-state index in [0.29, 0.717) is 34.8 Å². The smallest absolute Gasteiger partial charge is 0.244 e. The lowest BCUT2D eigenvalue weighted by molar-refractivity contribution is -0.134. The van der Waals surface area contributed by atoms with Crippen molar-refractivity contribution in [3.63, 3.8) is 0 Å². The highest BCUT2D eigenvalue weighted by atomic mass is 35.5. The summed E-state index contributed by atoms with van der Waals surface area (Å²) in [6, 6.07) is 4.99. The lowest BCUT2D eigenvalue weighted by Crippen LogP contribution is -2.46. The molecule has 1 heterocycles. The molecule has 0 saturated carbocycles. The van der Waals surface area contributed by atoms with Gasteiger partial charge in [0.05, 0.1) is 25.9 Å². The van der Waals surface area contributed by atoms with Crippen molar-refractivity contribution >= 4 is 29.1 Å². The fourth-order valence-electron chi connectivity index (χ4n) is 3.50. The number of nitrogens with zero attached hydrogens (tertiary/aromatic N) is 2. The number of amides is 2. The number of piperidine rings is 1. The normalized spacial score (nSPS) is 20.5. The Labute approximate surface area is 160 Å². The number of carbonyl (C=O) groups is 2. The average Bonchev–Trinajstić information content (AvgIpc) is 2.53. The first-order valence-electron chi connectivity index (χ1n) is 8.88. The van der Waals surface area contributed by atoms with Gasteiger partial charge in [0, 0.05) is 25.2 Å². The van der Waals surface area contributed by atoms with Gasteiger partial charge in [0.2, 0.25) is 11.8 Å². The molecule has 0 bridgehead atoms. The van der Waals surface area contributed by atoms with Gasteiger partial charge in [0.25, 0.3) is 0 Å². The van der Waals surface area contributed by atoms with Gasteiger partial charge in [0.1, 0.15) is 5.75 Å². The van der Waals surface area contributed by atoms with Crippen LogP contribution in [0.25, 0.3) is 0 Å². The number of rotatable bonds is 6. The topological polar surface area (TPSA) is 61.9 Å². The van der Waals surface area contributed by atoms with E-state index in [1.54, 1.807) is 25.2 Å². The van der Waals surface area contributed by atoms with Crippen LogP contribution in [0.4, 0.5) is 5.69 Å². The van der Waals surface area contributed by atoms with E-state index < -0.39 is 0 Å². The molecule has 2 atom stereocenters. The fourth-order valence-corrected chi connectivity index (χ4v) is 3.68. The van der Waals surface area contributed by atoms with Gasteiger partial charge in [-0.15, -0.1) is 0 Å². The fraction of sp³-hybridized carbons (Fsp3) is 0.579. The van der Waals surface area contributed by atoms with Gasteiger partial charge in [-0.1, -0.05) is 25.4 Å². The molecule has 144 valence electrons. The van der Waals surface area contributed by atoms with Crippen LogP contribution in [0.2, 0.25) is 5.02 Å². The SMILES string of the molecule is COc1ccc(Cl)cc1NC(=O)CN(C)C(=O)CN1C[C@@H](C)C[C@H](C)C1. The quantitative estimate of drug-likeness (QED) is 0.823. The van der Waals surface area contributed by atoms with E-state index in [1.807, 2.05) is 0 Å². The van der Waals surface area contributed by atoms with E-state index in [2.05, 4.69) is 24.1 Å². The number of hydrogen-bond acceptors (Lipinski definition) is 4. The Morgan fingerprint density at radius 1 is 1.31 bits per heavy atom. The van der Waals surface area contributed by atoms with E-state index >= 15 is 0 Å². The Morgan fingerprint density at radius 3 is 2.58 bits per heavy atom. The molecule has 1 aliphatic rings. The number of likely N-dealkylation sites (N-methyl/N-ethyl adjacent to an activating group) is 1. The van der Waals surface area contributed by atoms with Crippen molar-refractivity contribution in [1.29, 1.82) is 0 Å². The van der Waals surface area contributed by atoms with Crippen LogP contribution < -0.4 is 10.1 Å². The monoisotopic (exact) mass is 381 g/mol. The lowest BCUT2D eigenvalue weighted by Gasteiger charge is -2.35. The standard InChI is InChI=1S/C19H28ClN3O3/c1-13-7-14(2)10-23(9-13)12-19(25)22(3)11-18(24)21-16-8-15(20)5-6-17(16)26-4/h5-6,8,13-14H,7,9-12H2,1-4H3,(H,21,24)/t13-,14-/m0/s1. The van der Waals surface area contributed by atoms with Crippen molar-refractivity contribution in [2.75, 3.05) is 45.7 Å². The Bertz CT molecular complexity index is 643. The minimum absolute atomic E-state index is 0.0204. The van der Waals surface area contributed by atoms with Gasteiger partial charge in [-0.25, -0.2) is 0 Å². The molecule has 2 rings (SSSR count). The summed E-state index contributed by atoms with van der Waals surface area (Å²) in [6.45, 7) is 6.60. The van der Waals surface area contributed by atoms with Gasteiger partial charge >= 0.3 is 0 Å². The summed E-state index contributed by atoms with van der Waals surface area (Å²) in [5.74, 6) is 1.36. The zero-order chi connectivity index (χ0) is 19.3. The third kappa shape index (κ3) is 5.88. The van der Waals surface area contributed by atoms with Gasteiger partial charge in [-0.3, -0.25) is 14.5 Å². The molecule has 0 aromatic heterocycles. The maximum Gasteiger partial charge on any atom is 0.244 e. The third-order valence-electron chi connectivity index (χ3n) is 4.55.